The summed E-state index contributed by atoms with van der Waals surface area (Å²) < 4.78 is 32.9. The van der Waals surface area contributed by atoms with Crippen molar-refractivity contribution in [3.63, 3.8) is 0 Å². The van der Waals surface area contributed by atoms with Gasteiger partial charge in [-0.05, 0) is 19.1 Å². The lowest BCUT2D eigenvalue weighted by Crippen LogP contribution is -2.47. The predicted octanol–water partition coefficient (Wildman–Crippen LogP) is 1.05. The van der Waals surface area contributed by atoms with Crippen LogP contribution in [-0.4, -0.2) is 76.8 Å². The molecule has 2 atom stereocenters. The van der Waals surface area contributed by atoms with Crippen LogP contribution in [0.4, 0.5) is 8.78 Å². The van der Waals surface area contributed by atoms with Gasteiger partial charge in [-0.2, -0.15) is 8.78 Å². The van der Waals surface area contributed by atoms with E-state index in [4.69, 9.17) is 9.84 Å². The molecular formula is C16H21F2N3O4. The van der Waals surface area contributed by atoms with Gasteiger partial charge in [-0.3, -0.25) is 19.1 Å². The molecule has 3 rings (SSSR count). The second kappa shape index (κ2) is 7.09. The molecule has 25 heavy (non-hydrogen) atoms. The lowest BCUT2D eigenvalue weighted by Gasteiger charge is -2.30. The third-order valence-electron chi connectivity index (χ3n) is 4.70. The zero-order valence-electron chi connectivity index (χ0n) is 13.9. The molecule has 2 aliphatic heterocycles. The second-order valence-corrected chi connectivity index (χ2v) is 6.61. The Labute approximate surface area is 143 Å². The van der Waals surface area contributed by atoms with E-state index in [-0.39, 0.29) is 30.8 Å². The van der Waals surface area contributed by atoms with Crippen LogP contribution in [0, 0.1) is 12.8 Å². The molecule has 1 aromatic rings. The number of ether oxygens (including phenoxy) is 1. The van der Waals surface area contributed by atoms with E-state index in [9.17, 15) is 18.4 Å². The van der Waals surface area contributed by atoms with Crippen LogP contribution in [0.25, 0.3) is 0 Å². The van der Waals surface area contributed by atoms with Crippen molar-refractivity contribution in [3.8, 4) is 0 Å². The zero-order valence-corrected chi connectivity index (χ0v) is 13.9. The quantitative estimate of drug-likeness (QED) is 0.872. The minimum atomic E-state index is -2.79. The Morgan fingerprint density at radius 3 is 2.72 bits per heavy atom. The monoisotopic (exact) mass is 357 g/mol. The predicted molar refractivity (Wildman–Crippen MR) is 83.6 cm³/mol. The van der Waals surface area contributed by atoms with Gasteiger partial charge in [0.1, 0.15) is 5.69 Å². The molecule has 2 aliphatic rings. The fourth-order valence-corrected chi connectivity index (χ4v) is 3.64. The van der Waals surface area contributed by atoms with Crippen LogP contribution in [-0.2, 0) is 9.53 Å². The number of aliphatic carboxylic acids is 1. The van der Waals surface area contributed by atoms with E-state index in [0.717, 1.165) is 4.57 Å². The summed E-state index contributed by atoms with van der Waals surface area (Å²) in [5, 5.41) is 9.03. The first-order valence-electron chi connectivity index (χ1n) is 8.15. The van der Waals surface area contributed by atoms with Crippen molar-refractivity contribution < 1.29 is 28.2 Å². The van der Waals surface area contributed by atoms with Crippen LogP contribution in [0.1, 0.15) is 22.7 Å². The number of carbonyl (C=O) groups is 2. The maximum absolute atomic E-state index is 13.3. The highest BCUT2D eigenvalue weighted by atomic mass is 19.3. The molecule has 3 heterocycles. The van der Waals surface area contributed by atoms with Gasteiger partial charge in [0.2, 0.25) is 0 Å². The van der Waals surface area contributed by atoms with Crippen LogP contribution in [0.2, 0.25) is 0 Å². The lowest BCUT2D eigenvalue weighted by atomic mass is 10.1. The summed E-state index contributed by atoms with van der Waals surface area (Å²) in [6.07, 6.45) is 0. The molecule has 1 N–H and O–H groups in total. The van der Waals surface area contributed by atoms with E-state index in [2.05, 4.69) is 0 Å². The molecule has 0 aromatic carbocycles. The SMILES string of the molecule is Cc1ccc(C(=O)N2C[C@H]3COC[C@@H]2CN(CC(=O)O)C3)n1C(F)F. The molecule has 0 spiro atoms. The van der Waals surface area contributed by atoms with Crippen LogP contribution < -0.4 is 0 Å². The molecule has 2 bridgehead atoms. The van der Waals surface area contributed by atoms with Crippen molar-refractivity contribution in [1.29, 1.82) is 0 Å². The average molecular weight is 357 g/mol. The van der Waals surface area contributed by atoms with E-state index in [1.165, 1.54) is 19.1 Å². The minimum absolute atomic E-state index is 0.0492. The summed E-state index contributed by atoms with van der Waals surface area (Å²) >= 11 is 0. The number of hydrogen-bond acceptors (Lipinski definition) is 4. The molecule has 7 nitrogen and oxygen atoms in total. The number of carbonyl (C=O) groups excluding carboxylic acids is 1. The first-order valence-corrected chi connectivity index (χ1v) is 8.15. The van der Waals surface area contributed by atoms with Crippen molar-refractivity contribution in [2.75, 3.05) is 39.4 Å². The second-order valence-electron chi connectivity index (χ2n) is 6.61. The Morgan fingerprint density at radius 2 is 2.04 bits per heavy atom. The van der Waals surface area contributed by atoms with Gasteiger partial charge in [-0.25, -0.2) is 0 Å². The molecule has 1 aromatic heterocycles. The Hall–Kier alpha value is -2.00. The van der Waals surface area contributed by atoms with Gasteiger partial charge in [-0.15, -0.1) is 0 Å². The van der Waals surface area contributed by atoms with Crippen LogP contribution >= 0.6 is 0 Å². The van der Waals surface area contributed by atoms with Crippen LogP contribution in [0.15, 0.2) is 12.1 Å². The molecule has 2 saturated heterocycles. The fraction of sp³-hybridized carbons (Fsp3) is 0.625. The van der Waals surface area contributed by atoms with Gasteiger partial charge >= 0.3 is 12.5 Å². The molecule has 0 radical (unpaired) electrons. The normalized spacial score (nSPS) is 24.4. The van der Waals surface area contributed by atoms with E-state index in [0.29, 0.717) is 31.9 Å². The number of carboxylic acids is 1. The smallest absolute Gasteiger partial charge is 0.319 e. The first kappa shape index (κ1) is 17.8. The van der Waals surface area contributed by atoms with Gasteiger partial charge in [0, 0.05) is 31.2 Å². The van der Waals surface area contributed by atoms with Crippen molar-refractivity contribution in [2.45, 2.75) is 19.5 Å². The maximum Gasteiger partial charge on any atom is 0.319 e. The van der Waals surface area contributed by atoms with E-state index < -0.39 is 18.4 Å². The third kappa shape index (κ3) is 3.67. The van der Waals surface area contributed by atoms with Gasteiger partial charge in [-0.1, -0.05) is 0 Å². The number of nitrogens with zero attached hydrogens (tertiary/aromatic N) is 3. The topological polar surface area (TPSA) is 75.0 Å². The minimum Gasteiger partial charge on any atom is -0.480 e. The number of amides is 1. The van der Waals surface area contributed by atoms with Crippen LogP contribution in [0.5, 0.6) is 0 Å². The van der Waals surface area contributed by atoms with Crippen molar-refractivity contribution in [3.05, 3.63) is 23.5 Å². The summed E-state index contributed by atoms with van der Waals surface area (Å²) in [5.74, 6) is -1.45. The molecule has 0 saturated carbocycles. The number of alkyl halides is 2. The standard InChI is InChI=1S/C16H21F2N3O4/c1-10-2-3-13(21(10)16(17)18)15(24)20-5-11-4-19(7-14(22)23)6-12(20)9-25-8-11/h2-3,11-12,16H,4-9H2,1H3,(H,22,23)/t11-,12-/m0/s1. The van der Waals surface area contributed by atoms with E-state index >= 15 is 0 Å². The Morgan fingerprint density at radius 1 is 1.28 bits per heavy atom. The third-order valence-corrected chi connectivity index (χ3v) is 4.70. The van der Waals surface area contributed by atoms with Gasteiger partial charge in [0.15, 0.2) is 0 Å². The highest BCUT2D eigenvalue weighted by Crippen LogP contribution is 2.25. The van der Waals surface area contributed by atoms with Gasteiger partial charge in [0.05, 0.1) is 25.8 Å². The Kier molecular flexibility index (Phi) is 5.05. The summed E-state index contributed by atoms with van der Waals surface area (Å²) in [4.78, 5) is 27.3. The molecule has 1 amide bonds. The maximum atomic E-state index is 13.3. The number of halogens is 2. The lowest BCUT2D eigenvalue weighted by molar-refractivity contribution is -0.138. The summed E-state index contributed by atoms with van der Waals surface area (Å²) in [5.41, 5.74) is 0.268. The first-order chi connectivity index (χ1) is 11.9. The Bertz CT molecular complexity index is 664. The molecule has 2 fully saturated rings. The number of aromatic nitrogens is 1. The highest BCUT2D eigenvalue weighted by Gasteiger charge is 2.37. The number of fused-ring (bicyclic) bond motifs is 3. The molecule has 9 heteroatoms. The highest BCUT2D eigenvalue weighted by molar-refractivity contribution is 5.93. The van der Waals surface area contributed by atoms with Gasteiger partial charge in [0.25, 0.3) is 5.91 Å². The van der Waals surface area contributed by atoms with Crippen LogP contribution in [0.3, 0.4) is 0 Å². The number of hydrogen-bond donors (Lipinski definition) is 1. The van der Waals surface area contributed by atoms with E-state index in [1.54, 1.807) is 9.80 Å². The van der Waals surface area contributed by atoms with Gasteiger partial charge < -0.3 is 14.7 Å². The molecule has 0 unspecified atom stereocenters. The zero-order chi connectivity index (χ0) is 18.1. The molecule has 138 valence electrons. The largest absolute Gasteiger partial charge is 0.480 e. The fourth-order valence-electron chi connectivity index (χ4n) is 3.64. The Balaban J connectivity index is 1.87. The van der Waals surface area contributed by atoms with E-state index in [1.807, 2.05) is 0 Å². The summed E-state index contributed by atoms with van der Waals surface area (Å²) in [7, 11) is 0. The summed E-state index contributed by atoms with van der Waals surface area (Å²) in [6.45, 7) is 0.540. The average Bonchev–Trinajstić information content (AvgIpc) is 2.68. The molecular weight excluding hydrogens is 336 g/mol. The number of rotatable bonds is 4. The van der Waals surface area contributed by atoms with Crippen molar-refractivity contribution in [1.82, 2.24) is 14.4 Å². The molecule has 0 aliphatic carbocycles. The summed E-state index contributed by atoms with van der Waals surface area (Å²) in [6, 6.07) is 2.55. The van der Waals surface area contributed by atoms with Crippen molar-refractivity contribution >= 4 is 11.9 Å². The van der Waals surface area contributed by atoms with Crippen molar-refractivity contribution in [2.24, 2.45) is 5.92 Å². The number of aryl methyl sites for hydroxylation is 1. The number of carboxylic acid groups (broad SMARTS) is 1.